The lowest BCUT2D eigenvalue weighted by molar-refractivity contribution is 0.0687. The molecule has 0 fully saturated rings. The number of hydrogen-bond donors (Lipinski definition) is 3. The van der Waals surface area contributed by atoms with E-state index in [1.165, 1.54) is 12.1 Å². The van der Waals surface area contributed by atoms with Gasteiger partial charge < -0.3 is 120 Å². The van der Waals surface area contributed by atoms with E-state index in [-0.39, 0.29) is 33.0 Å². The van der Waals surface area contributed by atoms with Gasteiger partial charge in [-0.3, -0.25) is 0 Å². The number of aliphatic hydroxyl groups excluding tert-OH is 2. The van der Waals surface area contributed by atoms with E-state index in [1.807, 2.05) is 62.3 Å². The first-order chi connectivity index (χ1) is 56.9. The van der Waals surface area contributed by atoms with Crippen LogP contribution < -0.4 is 5.32 Å². The predicted octanol–water partition coefficient (Wildman–Crippen LogP) is 21.1. The summed E-state index contributed by atoms with van der Waals surface area (Å²) in [5.41, 5.74) is 0. The molecule has 0 aliphatic rings. The Labute approximate surface area is 779 Å². The van der Waals surface area contributed by atoms with Crippen molar-refractivity contribution >= 4 is 159 Å². The molecule has 0 radical (unpaired) electrons. The Balaban J connectivity index is 0. The summed E-state index contributed by atoms with van der Waals surface area (Å²) in [4.78, 5) is 12.6. The Hall–Kier alpha value is 2.17. The molecule has 0 aromatic heterocycles. The zero-order valence-corrected chi connectivity index (χ0v) is 105. The van der Waals surface area contributed by atoms with Crippen LogP contribution in [0.4, 0.5) is 4.79 Å². The number of alkyl carbamates (subject to hydrolysis) is 1. The molecule has 0 aromatic rings. The lowest BCUT2D eigenvalue weighted by Crippen LogP contribution is -2.63. The zero-order chi connectivity index (χ0) is 95.8. The van der Waals surface area contributed by atoms with Gasteiger partial charge in [-0.15, -0.1) is 0 Å². The number of ether oxygens (including phenoxy) is 4. The van der Waals surface area contributed by atoms with Crippen LogP contribution in [0.2, 0.25) is 262 Å². The van der Waals surface area contributed by atoms with Gasteiger partial charge in [-0.05, 0) is 294 Å². The van der Waals surface area contributed by atoms with Crippen LogP contribution in [0.3, 0.4) is 0 Å². The lowest BCUT2D eigenvalue weighted by atomic mass is 10.5. The molecule has 0 aliphatic carbocycles. The van der Waals surface area contributed by atoms with Crippen molar-refractivity contribution in [2.24, 2.45) is 0 Å². The summed E-state index contributed by atoms with van der Waals surface area (Å²) in [6, 6.07) is 9.88. The maximum Gasteiger partial charge on any atom is 0.500 e. The summed E-state index contributed by atoms with van der Waals surface area (Å²) in [5, 5.41) is 21.5. The molecule has 7 atom stereocenters. The lowest BCUT2D eigenvalue weighted by Gasteiger charge is -2.46. The second-order valence-corrected chi connectivity index (χ2v) is 111. The third kappa shape index (κ3) is 64.3. The quantitative estimate of drug-likeness (QED) is 0.0376. The van der Waals surface area contributed by atoms with Gasteiger partial charge in [0.1, 0.15) is 6.61 Å². The van der Waals surface area contributed by atoms with Crippen LogP contribution >= 0.6 is 0 Å². The Bertz CT molecular complexity index is 2700. The van der Waals surface area contributed by atoms with Crippen molar-refractivity contribution in [1.29, 1.82) is 0 Å². The molecular weight excluding hydrogens is 1890 g/mol. The molecule has 7 unspecified atom stereocenters. The molecule has 3 N–H and O–H groups in total. The van der Waals surface area contributed by atoms with E-state index in [0.29, 0.717) is 135 Å². The molecule has 0 heterocycles. The maximum atomic E-state index is 12.6. The highest BCUT2D eigenvalue weighted by molar-refractivity contribution is 6.94. The number of aliphatic hydroxyl groups is 2. The summed E-state index contributed by atoms with van der Waals surface area (Å²) < 4.78 is 158. The first kappa shape index (κ1) is 128. The molecule has 0 bridgehead atoms. The average Bonchev–Trinajstić information content (AvgIpc) is 0.792. The number of carbonyl (C=O) groups is 1. The molecule has 0 saturated carbocycles. The second kappa shape index (κ2) is 61.5. The Kier molecular flexibility index (Phi) is 63.6. The fraction of sp³-hybridized carbons (Fsp3) is 0.987. The number of nitrogens with one attached hydrogen (secondary N) is 1. The van der Waals surface area contributed by atoms with Crippen molar-refractivity contribution in [3.05, 3.63) is 0 Å². The first-order valence-corrected chi connectivity index (χ1v) is 97.3. The topological polar surface area (TPSA) is 291 Å². The van der Waals surface area contributed by atoms with Crippen molar-refractivity contribution in [3.8, 4) is 0 Å². The molecule has 1 amide bonds. The van der Waals surface area contributed by atoms with Crippen LogP contribution in [0.5, 0.6) is 0 Å². The Morgan fingerprint density at radius 2 is 0.444 bits per heavy atom. The van der Waals surface area contributed by atoms with E-state index in [2.05, 4.69) is 195 Å². The fourth-order valence-corrected chi connectivity index (χ4v) is 92.0. The zero-order valence-electron chi connectivity index (χ0n) is 86.7. The number of carbonyl (C=O) groups excluding carboxylic acids is 1. The van der Waals surface area contributed by atoms with Gasteiger partial charge in [-0.2, -0.15) is 0 Å². The Morgan fingerprint density at radius 3 is 0.669 bits per heavy atom. The van der Waals surface area contributed by atoms with Gasteiger partial charge in [-0.1, -0.05) is 64.2 Å². The third-order valence-corrected chi connectivity index (χ3v) is 82.3. The average molecular weight is 2080 g/mol. The summed E-state index contributed by atoms with van der Waals surface area (Å²) in [7, 11) is -45.0. The van der Waals surface area contributed by atoms with Gasteiger partial charge in [0.25, 0.3) is 0 Å². The number of rotatable bonds is 79. The van der Waals surface area contributed by atoms with Crippen LogP contribution in [0.25, 0.3) is 0 Å². The van der Waals surface area contributed by atoms with Gasteiger partial charge in [0.15, 0.2) is 33.3 Å². The highest BCUT2D eigenvalue weighted by Crippen LogP contribution is 2.40. The second-order valence-electron chi connectivity index (χ2n) is 40.6. The summed E-state index contributed by atoms with van der Waals surface area (Å²) >= 11 is 0. The molecule has 746 valence electrons. The monoisotopic (exact) mass is 2080 g/mol. The minimum absolute atomic E-state index is 0.0191. The van der Waals surface area contributed by atoms with Crippen molar-refractivity contribution in [2.45, 2.75) is 376 Å². The molecule has 0 saturated heterocycles. The van der Waals surface area contributed by atoms with E-state index in [4.69, 9.17) is 104 Å². The van der Waals surface area contributed by atoms with E-state index in [1.54, 1.807) is 0 Å². The number of amides is 1. The summed E-state index contributed by atoms with van der Waals surface area (Å²) in [5.74, 6) is 0. The molecule has 124 heavy (non-hydrogen) atoms. The van der Waals surface area contributed by atoms with Gasteiger partial charge in [0.2, 0.25) is 0 Å². The Morgan fingerprint density at radius 1 is 0.234 bits per heavy atom. The smallest absolute Gasteiger partial charge is 0.447 e. The SMILES string of the molecule is CCO[Si](CCCNC(=O)OCCOCCC[Si](C)(O[Si](C)(C)O[Si](C)(CCCOCCO)O[Si](C)(CCC[Si](C)(C)C)O[Si](C)(C)C)O[Si](C)(CCC[Si](OCC)(OCC)OCC)O[Si](C)(C)C)(OCC)OCC.CCO[Si](CCC[Si](C)(O[Si](C)(C)C)O[Si](C)(C)O[Si](C)(CCCOCCO)O[Si](C)(CCC[Si](C)(C)C)O[Si](C)(C)C)(OCC)OCC. The molecule has 28 nitrogen and oxygen atoms in total. The molecule has 0 aliphatic heterocycles. The molecule has 0 spiro atoms. The van der Waals surface area contributed by atoms with Crippen LogP contribution in [0.1, 0.15) is 114 Å². The molecule has 0 aromatic carbocycles. The van der Waals surface area contributed by atoms with Crippen LogP contribution in [0.15, 0.2) is 0 Å². The molecule has 46 heteroatoms. The first-order valence-electron chi connectivity index (χ1n) is 47.2. The van der Waals surface area contributed by atoms with Gasteiger partial charge in [0, 0.05) is 120 Å². The van der Waals surface area contributed by atoms with Gasteiger partial charge >= 0.3 is 110 Å². The predicted molar refractivity (Wildman–Crippen MR) is 551 cm³/mol. The summed E-state index contributed by atoms with van der Waals surface area (Å²) in [6.45, 7) is 90.7. The number of hydrogen-bond acceptors (Lipinski definition) is 27. The third-order valence-electron chi connectivity index (χ3n) is 18.5. The minimum Gasteiger partial charge on any atom is -0.447 e. The van der Waals surface area contributed by atoms with Gasteiger partial charge in [0.05, 0.1) is 33.0 Å². The van der Waals surface area contributed by atoms with Crippen LogP contribution in [0, 0.1) is 0 Å². The van der Waals surface area contributed by atoms with E-state index >= 15 is 0 Å². The standard InChI is InChI=1S/C47H115NO17Si10.C31H80O10Si8/c1-22-54-74(55-23-2,56-24-3)45-28-33-48-47(50)53-39-38-52-36-30-42-73(21,65-71(19,61-68(13,14)15)44-32-46-75(57-25-4,58-26-5)59-27-6)63-69(16,17)62-72(20,41-29-35-51-37-34-49)64-70(18,60-67(10,11)12)43-31-40-66(7,8)9;1-18-34-49(35-19-2,36-20-3)31-23-30-46(15,37-43(7,8)9)39-45(13,14)40-48(17,28-21-25-33-26-24-32)41-47(16,38-44(10,11)12)29-22-27-42(4,5)6/h49H,22-46H2,1-21H3,(H,48,50);32H,18-31H2,1-17H3. The van der Waals surface area contributed by atoms with Crippen molar-refractivity contribution < 1.29 is 119 Å². The summed E-state index contributed by atoms with van der Waals surface area (Å²) in [6.07, 6.45) is 6.07. The van der Waals surface area contributed by atoms with Crippen LogP contribution in [-0.2, 0) is 104 Å². The minimum atomic E-state index is -3.16. The normalized spacial score (nSPS) is 16.9. The van der Waals surface area contributed by atoms with Crippen molar-refractivity contribution in [1.82, 2.24) is 5.32 Å². The maximum absolute atomic E-state index is 12.6. The highest BCUT2D eigenvalue weighted by atomic mass is 28.5. The fourth-order valence-electron chi connectivity index (χ4n) is 15.7. The molecule has 0 rings (SSSR count). The van der Waals surface area contributed by atoms with E-state index in [9.17, 15) is 15.0 Å². The molecular formula is C78H195NO27Si18. The van der Waals surface area contributed by atoms with Crippen molar-refractivity contribution in [2.75, 3.05) is 125 Å². The largest absolute Gasteiger partial charge is 0.500 e. The van der Waals surface area contributed by atoms with Gasteiger partial charge in [-0.25, -0.2) is 4.79 Å². The van der Waals surface area contributed by atoms with E-state index in [0.717, 1.165) is 68.7 Å². The highest BCUT2D eigenvalue weighted by Gasteiger charge is 2.56. The van der Waals surface area contributed by atoms with E-state index < -0.39 is 159 Å². The van der Waals surface area contributed by atoms with Crippen molar-refractivity contribution in [3.63, 3.8) is 0 Å². The van der Waals surface area contributed by atoms with Crippen LogP contribution in [-0.4, -0.2) is 295 Å².